The third-order valence-corrected chi connectivity index (χ3v) is 5.30. The normalized spacial score (nSPS) is 15.0. The number of nitrogens with zero attached hydrogens (tertiary/aromatic N) is 3. The SMILES string of the molecule is BC(=O)Nc1ccc(F)cc1Nc1ncc2[nH]c(=O)n(C3CCOc4c(F)cccc43)c2n1. The molecule has 0 bridgehead atoms. The number of imidazole rings is 1. The Balaban J connectivity index is 1.58. The van der Waals surface area contributed by atoms with Gasteiger partial charge in [-0.2, -0.15) is 4.98 Å². The highest BCUT2D eigenvalue weighted by Crippen LogP contribution is 2.37. The van der Waals surface area contributed by atoms with Crippen LogP contribution in [-0.2, 0) is 0 Å². The molecule has 0 saturated heterocycles. The van der Waals surface area contributed by atoms with Crippen molar-refractivity contribution >= 4 is 42.1 Å². The topological polar surface area (TPSA) is 114 Å². The molecule has 33 heavy (non-hydrogen) atoms. The number of H-pyrrole nitrogens is 1. The zero-order chi connectivity index (χ0) is 23.1. The van der Waals surface area contributed by atoms with Crippen LogP contribution in [0.3, 0.4) is 0 Å². The average Bonchev–Trinajstić information content (AvgIpc) is 3.10. The zero-order valence-electron chi connectivity index (χ0n) is 17.4. The number of rotatable bonds is 4. The van der Waals surface area contributed by atoms with Crippen molar-refractivity contribution < 1.29 is 18.3 Å². The number of carbonyl (C=O) groups excluding carboxylic acids is 1. The lowest BCUT2D eigenvalue weighted by atomic mass is 10.00. The largest absolute Gasteiger partial charge is 0.490 e. The number of para-hydroxylation sites is 1. The first kappa shape index (κ1) is 20.7. The number of halogens is 2. The van der Waals surface area contributed by atoms with Gasteiger partial charge in [-0.15, -0.1) is 0 Å². The summed E-state index contributed by atoms with van der Waals surface area (Å²) in [4.78, 5) is 35.6. The molecular weight excluding hydrogens is 433 g/mol. The van der Waals surface area contributed by atoms with Crippen LogP contribution in [0.2, 0.25) is 0 Å². The molecule has 0 aliphatic carbocycles. The highest BCUT2D eigenvalue weighted by atomic mass is 19.1. The van der Waals surface area contributed by atoms with Crippen molar-refractivity contribution in [1.82, 2.24) is 19.5 Å². The number of benzene rings is 2. The van der Waals surface area contributed by atoms with Gasteiger partial charge < -0.3 is 20.4 Å². The Morgan fingerprint density at radius 1 is 1.24 bits per heavy atom. The first-order valence-electron chi connectivity index (χ1n) is 10.1. The van der Waals surface area contributed by atoms with E-state index < -0.39 is 23.4 Å². The fourth-order valence-corrected chi connectivity index (χ4v) is 3.94. The molecule has 0 radical (unpaired) electrons. The van der Waals surface area contributed by atoms with Crippen LogP contribution in [0.4, 0.5) is 30.9 Å². The lowest BCUT2D eigenvalue weighted by Gasteiger charge is -2.26. The number of aromatic nitrogens is 4. The Morgan fingerprint density at radius 2 is 2.09 bits per heavy atom. The fourth-order valence-electron chi connectivity index (χ4n) is 3.94. The highest BCUT2D eigenvalue weighted by molar-refractivity contribution is 6.60. The second kappa shape index (κ2) is 8.04. The van der Waals surface area contributed by atoms with Crippen LogP contribution >= 0.6 is 0 Å². The molecule has 5 rings (SSSR count). The lowest BCUT2D eigenvalue weighted by molar-refractivity contribution is 0.244. The first-order chi connectivity index (χ1) is 15.9. The van der Waals surface area contributed by atoms with Crippen molar-refractivity contribution in [3.05, 3.63) is 70.3 Å². The molecule has 4 aromatic rings. The number of anilines is 3. The summed E-state index contributed by atoms with van der Waals surface area (Å²) in [6.45, 7) is 0.233. The summed E-state index contributed by atoms with van der Waals surface area (Å²) in [6, 6.07) is 7.89. The van der Waals surface area contributed by atoms with Crippen LogP contribution in [-0.4, -0.2) is 39.8 Å². The van der Waals surface area contributed by atoms with E-state index in [0.717, 1.165) is 0 Å². The van der Waals surface area contributed by atoms with Crippen molar-refractivity contribution in [1.29, 1.82) is 0 Å². The molecular formula is C21H17BF2N6O3. The van der Waals surface area contributed by atoms with Gasteiger partial charge in [0.2, 0.25) is 13.8 Å². The van der Waals surface area contributed by atoms with Crippen molar-refractivity contribution in [2.45, 2.75) is 12.5 Å². The van der Waals surface area contributed by atoms with Gasteiger partial charge in [0.1, 0.15) is 11.3 Å². The molecule has 1 unspecified atom stereocenters. The van der Waals surface area contributed by atoms with Crippen LogP contribution in [0, 0.1) is 11.6 Å². The number of fused-ring (bicyclic) bond motifs is 2. The van der Waals surface area contributed by atoms with Crippen LogP contribution < -0.4 is 21.1 Å². The van der Waals surface area contributed by atoms with E-state index in [1.807, 2.05) is 0 Å². The van der Waals surface area contributed by atoms with Gasteiger partial charge in [0, 0.05) is 12.0 Å². The van der Waals surface area contributed by atoms with E-state index in [4.69, 9.17) is 4.74 Å². The molecule has 9 nitrogen and oxygen atoms in total. The average molecular weight is 450 g/mol. The lowest BCUT2D eigenvalue weighted by Crippen LogP contribution is -2.28. The molecule has 3 heterocycles. The van der Waals surface area contributed by atoms with Crippen LogP contribution in [0.15, 0.2) is 47.4 Å². The Hall–Kier alpha value is -4.22. The minimum Gasteiger partial charge on any atom is -0.490 e. The highest BCUT2D eigenvalue weighted by Gasteiger charge is 2.28. The molecule has 0 spiro atoms. The number of amides is 1. The van der Waals surface area contributed by atoms with E-state index in [9.17, 15) is 18.4 Å². The molecule has 3 N–H and O–H groups in total. The predicted octanol–water partition coefficient (Wildman–Crippen LogP) is 2.68. The molecule has 2 aromatic carbocycles. The summed E-state index contributed by atoms with van der Waals surface area (Å²) in [6.07, 6.45) is 1.86. The van der Waals surface area contributed by atoms with Crippen LogP contribution in [0.1, 0.15) is 18.0 Å². The molecule has 166 valence electrons. The van der Waals surface area contributed by atoms with Crippen molar-refractivity contribution in [2.75, 3.05) is 17.2 Å². The number of aromatic amines is 1. The molecule has 12 heteroatoms. The van der Waals surface area contributed by atoms with Gasteiger partial charge in [-0.3, -0.25) is 9.36 Å². The maximum atomic E-state index is 14.3. The third-order valence-electron chi connectivity index (χ3n) is 5.30. The van der Waals surface area contributed by atoms with E-state index >= 15 is 0 Å². The molecule has 1 atom stereocenters. The van der Waals surface area contributed by atoms with E-state index in [1.165, 1.54) is 42.9 Å². The van der Waals surface area contributed by atoms with Gasteiger partial charge in [-0.1, -0.05) is 12.1 Å². The summed E-state index contributed by atoms with van der Waals surface area (Å²) >= 11 is 0. The standard InChI is InChI=1S/C21H17BF2N6O3/c22-19(31)26-13-5-4-10(23)8-14(13)27-20-25-9-15-18(29-20)30(21(32)28-15)16-6-7-33-17-11(16)2-1-3-12(17)24/h1-5,8-9,16H,6-7,22H2,(H,26,31)(H,28,32)(H,25,27,29). The number of hydrogen-bond donors (Lipinski definition) is 3. The van der Waals surface area contributed by atoms with Gasteiger partial charge in [0.25, 0.3) is 0 Å². The Kier molecular flexibility index (Phi) is 5.04. The van der Waals surface area contributed by atoms with Gasteiger partial charge in [-0.25, -0.2) is 18.6 Å². The molecule has 1 aliphatic heterocycles. The van der Waals surface area contributed by atoms with E-state index in [1.54, 1.807) is 12.1 Å². The van der Waals surface area contributed by atoms with Gasteiger partial charge in [0.15, 0.2) is 23.0 Å². The van der Waals surface area contributed by atoms with Crippen LogP contribution in [0.5, 0.6) is 5.75 Å². The van der Waals surface area contributed by atoms with E-state index in [0.29, 0.717) is 23.2 Å². The fraction of sp³-hybridized carbons (Fsp3) is 0.143. The molecule has 2 aromatic heterocycles. The Morgan fingerprint density at radius 3 is 2.91 bits per heavy atom. The van der Waals surface area contributed by atoms with Crippen LogP contribution in [0.25, 0.3) is 11.2 Å². The maximum absolute atomic E-state index is 14.3. The third kappa shape index (κ3) is 3.79. The minimum absolute atomic E-state index is 0.0824. The second-order valence-electron chi connectivity index (χ2n) is 7.54. The molecule has 0 fully saturated rings. The monoisotopic (exact) mass is 450 g/mol. The molecule has 1 amide bonds. The molecule has 0 saturated carbocycles. The van der Waals surface area contributed by atoms with Crippen molar-refractivity contribution in [3.63, 3.8) is 0 Å². The number of nitrogens with one attached hydrogen (secondary N) is 3. The predicted molar refractivity (Wildman–Crippen MR) is 120 cm³/mol. The van der Waals surface area contributed by atoms with Crippen molar-refractivity contribution in [3.8, 4) is 5.75 Å². The van der Waals surface area contributed by atoms with Crippen molar-refractivity contribution in [2.24, 2.45) is 0 Å². The first-order valence-corrected chi connectivity index (χ1v) is 10.1. The Labute approximate surface area is 186 Å². The number of carbonyl (C=O) groups is 1. The van der Waals surface area contributed by atoms with Gasteiger partial charge in [0.05, 0.1) is 30.2 Å². The zero-order valence-corrected chi connectivity index (χ0v) is 17.4. The number of hydrogen-bond acceptors (Lipinski definition) is 6. The summed E-state index contributed by atoms with van der Waals surface area (Å²) < 4.78 is 35.0. The molecule has 1 aliphatic rings. The summed E-state index contributed by atoms with van der Waals surface area (Å²) in [5.41, 5.74) is 1.37. The van der Waals surface area contributed by atoms with E-state index in [-0.39, 0.29) is 35.4 Å². The summed E-state index contributed by atoms with van der Waals surface area (Å²) in [5.74, 6) is -1.15. The second-order valence-corrected chi connectivity index (χ2v) is 7.54. The van der Waals surface area contributed by atoms with Gasteiger partial charge in [-0.05, 0) is 24.3 Å². The number of ether oxygens (including phenoxy) is 1. The quantitative estimate of drug-likeness (QED) is 0.412. The smallest absolute Gasteiger partial charge is 0.328 e. The minimum atomic E-state index is -0.521. The van der Waals surface area contributed by atoms with Gasteiger partial charge >= 0.3 is 5.69 Å². The maximum Gasteiger partial charge on any atom is 0.328 e. The Bertz CT molecular complexity index is 1450. The van der Waals surface area contributed by atoms with E-state index in [2.05, 4.69) is 25.6 Å². The summed E-state index contributed by atoms with van der Waals surface area (Å²) in [7, 11) is 1.34. The summed E-state index contributed by atoms with van der Waals surface area (Å²) in [5, 5.41) is 5.49.